The summed E-state index contributed by atoms with van der Waals surface area (Å²) in [5, 5.41) is 7.16. The normalized spacial score (nSPS) is 18.5. The second-order valence-electron chi connectivity index (χ2n) is 10.9. The fourth-order valence-corrected chi connectivity index (χ4v) is 5.31. The van der Waals surface area contributed by atoms with Gasteiger partial charge in [0.25, 0.3) is 17.9 Å². The lowest BCUT2D eigenvalue weighted by Gasteiger charge is -2.39. The summed E-state index contributed by atoms with van der Waals surface area (Å²) in [6, 6.07) is 3.84. The number of morpholine rings is 1. The Bertz CT molecular complexity index is 1490. The number of pyridine rings is 1. The molecule has 2 fully saturated rings. The monoisotopic (exact) mass is 587 g/mol. The van der Waals surface area contributed by atoms with Gasteiger partial charge in [0, 0.05) is 87.5 Å². The third-order valence-corrected chi connectivity index (χ3v) is 8.07. The first-order valence-corrected chi connectivity index (χ1v) is 14.0. The average Bonchev–Trinajstić information content (AvgIpc) is 3.44. The number of nitrogens with zero attached hydrogens (tertiary/aromatic N) is 6. The quantitative estimate of drug-likeness (QED) is 0.434. The maximum atomic E-state index is 15.7. The van der Waals surface area contributed by atoms with Crippen molar-refractivity contribution in [2.24, 2.45) is 7.05 Å². The molecule has 5 rings (SSSR count). The molecule has 1 amide bonds. The number of alkyl halides is 2. The van der Waals surface area contributed by atoms with E-state index in [9.17, 15) is 18.4 Å². The van der Waals surface area contributed by atoms with Gasteiger partial charge in [-0.2, -0.15) is 5.10 Å². The van der Waals surface area contributed by atoms with Gasteiger partial charge in [0.2, 0.25) is 0 Å². The van der Waals surface area contributed by atoms with Crippen LogP contribution < -0.4 is 15.8 Å². The number of halogens is 3. The summed E-state index contributed by atoms with van der Waals surface area (Å²) in [6.07, 6.45) is 1.40. The number of rotatable bonds is 8. The molecule has 4 heterocycles. The summed E-state index contributed by atoms with van der Waals surface area (Å²) in [7, 11) is 3.40. The zero-order valence-corrected chi connectivity index (χ0v) is 24.0. The van der Waals surface area contributed by atoms with Crippen molar-refractivity contribution < 1.29 is 22.7 Å². The maximum Gasteiger partial charge on any atom is 0.264 e. The molecule has 13 heteroatoms. The van der Waals surface area contributed by atoms with Crippen LogP contribution in [-0.4, -0.2) is 95.6 Å². The Balaban J connectivity index is 1.47. The molecular formula is C29H36F3N7O3. The lowest BCUT2D eigenvalue weighted by Crippen LogP contribution is -2.50. The number of hydrogen-bond donors (Lipinski definition) is 1. The van der Waals surface area contributed by atoms with Gasteiger partial charge >= 0.3 is 0 Å². The third kappa shape index (κ3) is 6.53. The maximum absolute atomic E-state index is 15.7. The standard InChI is InChI=1S/C29H36F3N7O3/c1-19-16-38(6-4-35(19)2)26-14-24(30)21(20-15-33-39(17-20)7-5-37-8-10-42-11-9-37)12-25(26)34-29(41)23-18-36(3)27(40)13-22(23)28(31)32/h12-15,17-19,28H,4-11,16H2,1-3H3,(H,34,41). The van der Waals surface area contributed by atoms with Gasteiger partial charge in [-0.1, -0.05) is 0 Å². The van der Waals surface area contributed by atoms with Crippen LogP contribution in [0.5, 0.6) is 0 Å². The molecular weight excluding hydrogens is 551 g/mol. The molecule has 1 N–H and O–H groups in total. The van der Waals surface area contributed by atoms with Crippen molar-refractivity contribution in [2.45, 2.75) is 25.9 Å². The number of hydrogen-bond acceptors (Lipinski definition) is 7. The minimum absolute atomic E-state index is 0.170. The van der Waals surface area contributed by atoms with Gasteiger partial charge in [0.15, 0.2) is 0 Å². The first-order valence-electron chi connectivity index (χ1n) is 14.0. The highest BCUT2D eigenvalue weighted by atomic mass is 19.3. The van der Waals surface area contributed by atoms with Gasteiger partial charge < -0.3 is 24.4 Å². The Morgan fingerprint density at radius 1 is 1.10 bits per heavy atom. The van der Waals surface area contributed by atoms with E-state index in [-0.39, 0.29) is 22.9 Å². The Morgan fingerprint density at radius 3 is 2.57 bits per heavy atom. The van der Waals surface area contributed by atoms with Crippen LogP contribution in [0.3, 0.4) is 0 Å². The van der Waals surface area contributed by atoms with E-state index in [0.717, 1.165) is 43.0 Å². The number of ether oxygens (including phenoxy) is 1. The Hall–Kier alpha value is -3.68. The molecule has 0 saturated carbocycles. The fourth-order valence-electron chi connectivity index (χ4n) is 5.31. The number of carbonyl (C=O) groups is 1. The van der Waals surface area contributed by atoms with Crippen molar-refractivity contribution in [1.29, 1.82) is 0 Å². The van der Waals surface area contributed by atoms with Gasteiger partial charge in [0.1, 0.15) is 5.82 Å². The number of amides is 1. The van der Waals surface area contributed by atoms with Gasteiger partial charge in [-0.15, -0.1) is 0 Å². The predicted octanol–water partition coefficient (Wildman–Crippen LogP) is 3.05. The molecule has 1 unspecified atom stereocenters. The molecule has 42 heavy (non-hydrogen) atoms. The Morgan fingerprint density at radius 2 is 1.86 bits per heavy atom. The van der Waals surface area contributed by atoms with E-state index < -0.39 is 29.3 Å². The van der Waals surface area contributed by atoms with Crippen LogP contribution in [0.1, 0.15) is 29.3 Å². The average molecular weight is 588 g/mol. The SMILES string of the molecule is CC1CN(c2cc(F)c(-c3cnn(CCN4CCOCC4)c3)cc2NC(=O)c2cn(C)c(=O)cc2C(F)F)CCN1C. The van der Waals surface area contributed by atoms with E-state index in [4.69, 9.17) is 4.74 Å². The van der Waals surface area contributed by atoms with Crippen molar-refractivity contribution in [3.8, 4) is 11.1 Å². The Kier molecular flexibility index (Phi) is 8.99. The molecule has 2 aliphatic rings. The van der Waals surface area contributed by atoms with Gasteiger partial charge in [-0.05, 0) is 26.1 Å². The van der Waals surface area contributed by atoms with Crippen LogP contribution in [0.15, 0.2) is 41.6 Å². The first-order chi connectivity index (χ1) is 20.1. The highest BCUT2D eigenvalue weighted by molar-refractivity contribution is 6.07. The van der Waals surface area contributed by atoms with E-state index >= 15 is 4.39 Å². The van der Waals surface area contributed by atoms with Crippen LogP contribution in [0.25, 0.3) is 11.1 Å². The lowest BCUT2D eigenvalue weighted by molar-refractivity contribution is 0.0360. The van der Waals surface area contributed by atoms with Crippen molar-refractivity contribution in [1.82, 2.24) is 24.1 Å². The number of piperazine rings is 1. The number of benzene rings is 1. The number of likely N-dealkylation sites (N-methyl/N-ethyl adjacent to an activating group) is 1. The molecule has 0 radical (unpaired) electrons. The lowest BCUT2D eigenvalue weighted by atomic mass is 10.0. The molecule has 2 aliphatic heterocycles. The summed E-state index contributed by atoms with van der Waals surface area (Å²) < 4.78 is 51.5. The van der Waals surface area contributed by atoms with Crippen LogP contribution in [0.4, 0.5) is 24.5 Å². The van der Waals surface area contributed by atoms with Crippen LogP contribution >= 0.6 is 0 Å². The molecule has 226 valence electrons. The second-order valence-corrected chi connectivity index (χ2v) is 10.9. The molecule has 3 aromatic rings. The zero-order chi connectivity index (χ0) is 30.0. The summed E-state index contributed by atoms with van der Waals surface area (Å²) in [6.45, 7) is 8.43. The molecule has 0 aliphatic carbocycles. The molecule has 10 nitrogen and oxygen atoms in total. The number of anilines is 2. The fraction of sp³-hybridized carbons (Fsp3) is 0.483. The first kappa shape index (κ1) is 29.8. The third-order valence-electron chi connectivity index (χ3n) is 8.07. The topological polar surface area (TPSA) is 87.9 Å². The van der Waals surface area contributed by atoms with E-state index in [1.165, 1.54) is 19.2 Å². The van der Waals surface area contributed by atoms with E-state index in [2.05, 4.69) is 27.1 Å². The van der Waals surface area contributed by atoms with E-state index in [1.54, 1.807) is 17.1 Å². The highest BCUT2D eigenvalue weighted by Gasteiger charge is 2.27. The Labute approximate surface area is 242 Å². The largest absolute Gasteiger partial charge is 0.379 e. The molecule has 2 aromatic heterocycles. The molecule has 1 atom stereocenters. The van der Waals surface area contributed by atoms with Crippen molar-refractivity contribution in [3.05, 3.63) is 64.1 Å². The second kappa shape index (κ2) is 12.7. The molecule has 1 aromatic carbocycles. The van der Waals surface area contributed by atoms with Crippen LogP contribution in [-0.2, 0) is 18.3 Å². The highest BCUT2D eigenvalue weighted by Crippen LogP contribution is 2.36. The van der Waals surface area contributed by atoms with E-state index in [1.807, 2.05) is 11.9 Å². The number of aryl methyl sites for hydroxylation is 1. The number of aromatic nitrogens is 3. The minimum atomic E-state index is -3.02. The van der Waals surface area contributed by atoms with Gasteiger partial charge in [-0.3, -0.25) is 19.2 Å². The summed E-state index contributed by atoms with van der Waals surface area (Å²) in [5.41, 5.74) is -0.150. The van der Waals surface area contributed by atoms with Crippen LogP contribution in [0, 0.1) is 5.82 Å². The van der Waals surface area contributed by atoms with Crippen molar-refractivity contribution in [3.63, 3.8) is 0 Å². The molecule has 0 spiro atoms. The van der Waals surface area contributed by atoms with Gasteiger partial charge in [-0.25, -0.2) is 13.2 Å². The molecule has 2 saturated heterocycles. The summed E-state index contributed by atoms with van der Waals surface area (Å²) in [5.74, 6) is -1.30. The van der Waals surface area contributed by atoms with E-state index in [0.29, 0.717) is 44.1 Å². The summed E-state index contributed by atoms with van der Waals surface area (Å²) in [4.78, 5) is 31.9. The zero-order valence-electron chi connectivity index (χ0n) is 24.0. The van der Waals surface area contributed by atoms with Crippen LogP contribution in [0.2, 0.25) is 0 Å². The number of nitrogens with one attached hydrogen (secondary N) is 1. The minimum Gasteiger partial charge on any atom is -0.379 e. The predicted molar refractivity (Wildman–Crippen MR) is 154 cm³/mol. The molecule has 0 bridgehead atoms. The van der Waals surface area contributed by atoms with Crippen molar-refractivity contribution >= 4 is 17.3 Å². The summed E-state index contributed by atoms with van der Waals surface area (Å²) >= 11 is 0. The number of carbonyl (C=O) groups excluding carboxylic acids is 1. The van der Waals surface area contributed by atoms with Gasteiger partial charge in [0.05, 0.1) is 42.9 Å². The van der Waals surface area contributed by atoms with Crippen molar-refractivity contribution in [2.75, 3.05) is 69.7 Å². The smallest absolute Gasteiger partial charge is 0.264 e.